The van der Waals surface area contributed by atoms with Gasteiger partial charge in [0.2, 0.25) is 0 Å². The summed E-state index contributed by atoms with van der Waals surface area (Å²) in [6.07, 6.45) is 0. The van der Waals surface area contributed by atoms with E-state index in [1.165, 1.54) is 5.69 Å². The fraction of sp³-hybridized carbons (Fsp3) is 0.471. The van der Waals surface area contributed by atoms with Gasteiger partial charge in [0.1, 0.15) is 5.82 Å². The lowest BCUT2D eigenvalue weighted by Crippen LogP contribution is -2.49. The molecule has 1 fully saturated rings. The lowest BCUT2D eigenvalue weighted by Gasteiger charge is -2.39. The molecule has 0 saturated carbocycles. The molecular formula is C17H25N5. The van der Waals surface area contributed by atoms with Crippen LogP contribution in [0.2, 0.25) is 0 Å². The zero-order chi connectivity index (χ0) is 15.5. The van der Waals surface area contributed by atoms with E-state index in [9.17, 15) is 0 Å². The van der Waals surface area contributed by atoms with Crippen molar-refractivity contribution >= 4 is 5.69 Å². The summed E-state index contributed by atoms with van der Waals surface area (Å²) in [4.78, 5) is 12.8. The second kappa shape index (κ2) is 6.50. The first kappa shape index (κ1) is 15.1. The van der Waals surface area contributed by atoms with E-state index in [0.29, 0.717) is 6.54 Å². The van der Waals surface area contributed by atoms with E-state index in [-0.39, 0.29) is 6.04 Å². The maximum atomic E-state index is 6.05. The molecule has 2 aromatic rings. The van der Waals surface area contributed by atoms with Crippen LogP contribution in [0.25, 0.3) is 0 Å². The Bertz CT molecular complexity index is 599. The van der Waals surface area contributed by atoms with E-state index in [1.54, 1.807) is 0 Å². The summed E-state index contributed by atoms with van der Waals surface area (Å²) >= 11 is 0. The lowest BCUT2D eigenvalue weighted by atomic mass is 10.1. The van der Waals surface area contributed by atoms with Crippen molar-refractivity contribution in [2.24, 2.45) is 5.73 Å². The third kappa shape index (κ3) is 3.00. The zero-order valence-corrected chi connectivity index (χ0v) is 13.4. The number of H-pyrrole nitrogens is 1. The average molecular weight is 299 g/mol. The fourth-order valence-corrected chi connectivity index (χ4v) is 3.32. The number of anilines is 1. The Kier molecular flexibility index (Phi) is 4.45. The van der Waals surface area contributed by atoms with E-state index in [1.807, 2.05) is 6.92 Å². The smallest absolute Gasteiger partial charge is 0.103 e. The fourth-order valence-electron chi connectivity index (χ4n) is 3.32. The monoisotopic (exact) mass is 299 g/mol. The third-order valence-corrected chi connectivity index (χ3v) is 4.46. The maximum Gasteiger partial charge on any atom is 0.103 e. The molecule has 2 heterocycles. The zero-order valence-electron chi connectivity index (χ0n) is 13.4. The van der Waals surface area contributed by atoms with Gasteiger partial charge >= 0.3 is 0 Å². The van der Waals surface area contributed by atoms with Gasteiger partial charge in [-0.05, 0) is 26.0 Å². The van der Waals surface area contributed by atoms with Gasteiger partial charge in [0.25, 0.3) is 0 Å². The molecule has 1 aromatic heterocycles. The highest BCUT2D eigenvalue weighted by Crippen LogP contribution is 2.24. The van der Waals surface area contributed by atoms with E-state index < -0.39 is 0 Å². The topological polar surface area (TPSA) is 61.2 Å². The highest BCUT2D eigenvalue weighted by molar-refractivity contribution is 5.46. The molecule has 3 N–H and O–H groups in total. The first-order valence-electron chi connectivity index (χ1n) is 7.96. The maximum absolute atomic E-state index is 6.05. The molecule has 0 amide bonds. The number of imidazole rings is 1. The minimum Gasteiger partial charge on any atom is -0.369 e. The molecule has 22 heavy (non-hydrogen) atoms. The molecular weight excluding hydrogens is 274 g/mol. The number of aromatic nitrogens is 2. The summed E-state index contributed by atoms with van der Waals surface area (Å²) in [6.45, 7) is 8.78. The Morgan fingerprint density at radius 1 is 1.14 bits per heavy atom. The first-order chi connectivity index (χ1) is 10.7. The molecule has 0 aliphatic carbocycles. The van der Waals surface area contributed by atoms with E-state index in [4.69, 9.17) is 5.73 Å². The number of piperazine rings is 1. The molecule has 1 aliphatic rings. The molecule has 3 rings (SSSR count). The van der Waals surface area contributed by atoms with E-state index >= 15 is 0 Å². The Morgan fingerprint density at radius 2 is 1.82 bits per heavy atom. The summed E-state index contributed by atoms with van der Waals surface area (Å²) in [5.74, 6) is 0.967. The summed E-state index contributed by atoms with van der Waals surface area (Å²) in [5, 5.41) is 0. The number of aromatic amines is 1. The quantitative estimate of drug-likeness (QED) is 0.904. The molecule has 0 radical (unpaired) electrons. The minimum atomic E-state index is 0.211. The molecule has 0 spiro atoms. The van der Waals surface area contributed by atoms with Crippen LogP contribution in [0.1, 0.15) is 23.3 Å². The van der Waals surface area contributed by atoms with Crippen molar-refractivity contribution in [3.05, 3.63) is 47.5 Å². The van der Waals surface area contributed by atoms with Crippen LogP contribution in [0.4, 0.5) is 5.69 Å². The summed E-state index contributed by atoms with van der Waals surface area (Å²) in [5.41, 5.74) is 9.60. The number of nitrogens with one attached hydrogen (secondary N) is 1. The predicted molar refractivity (Wildman–Crippen MR) is 90.1 cm³/mol. The number of nitrogens with zero attached hydrogens (tertiary/aromatic N) is 3. The molecule has 5 heteroatoms. The van der Waals surface area contributed by atoms with E-state index in [0.717, 1.165) is 43.4 Å². The van der Waals surface area contributed by atoms with Gasteiger partial charge in [0, 0.05) is 44.1 Å². The van der Waals surface area contributed by atoms with Crippen LogP contribution in [0, 0.1) is 13.8 Å². The number of benzene rings is 1. The van der Waals surface area contributed by atoms with Gasteiger partial charge < -0.3 is 15.6 Å². The number of hydrogen-bond donors (Lipinski definition) is 2. The van der Waals surface area contributed by atoms with Gasteiger partial charge in [0.15, 0.2) is 0 Å². The minimum absolute atomic E-state index is 0.211. The second-order valence-electron chi connectivity index (χ2n) is 5.94. The molecule has 118 valence electrons. The normalized spacial score (nSPS) is 17.7. The van der Waals surface area contributed by atoms with Crippen molar-refractivity contribution in [3.63, 3.8) is 0 Å². The molecule has 1 unspecified atom stereocenters. The molecule has 5 nitrogen and oxygen atoms in total. The molecule has 1 atom stereocenters. The van der Waals surface area contributed by atoms with Gasteiger partial charge in [-0.2, -0.15) is 0 Å². The van der Waals surface area contributed by atoms with Crippen LogP contribution in [0.5, 0.6) is 0 Å². The Labute approximate surface area is 132 Å². The van der Waals surface area contributed by atoms with Crippen molar-refractivity contribution in [3.8, 4) is 0 Å². The highest BCUT2D eigenvalue weighted by atomic mass is 15.3. The number of hydrogen-bond acceptors (Lipinski definition) is 4. The van der Waals surface area contributed by atoms with Crippen LogP contribution >= 0.6 is 0 Å². The Morgan fingerprint density at radius 3 is 2.36 bits per heavy atom. The SMILES string of the molecule is Cc1nc(C(CN)N2CCN(c3ccccc3)CC2)c(C)[nH]1. The van der Waals surface area contributed by atoms with Crippen molar-refractivity contribution in [1.82, 2.24) is 14.9 Å². The van der Waals surface area contributed by atoms with Gasteiger partial charge in [-0.25, -0.2) is 4.98 Å². The van der Waals surface area contributed by atoms with Gasteiger partial charge in [-0.3, -0.25) is 4.90 Å². The van der Waals surface area contributed by atoms with Crippen molar-refractivity contribution in [1.29, 1.82) is 0 Å². The van der Waals surface area contributed by atoms with Crippen molar-refractivity contribution in [2.45, 2.75) is 19.9 Å². The van der Waals surface area contributed by atoms with Crippen LogP contribution in [0.3, 0.4) is 0 Å². The van der Waals surface area contributed by atoms with Crippen molar-refractivity contribution < 1.29 is 0 Å². The number of rotatable bonds is 4. The van der Waals surface area contributed by atoms with Crippen LogP contribution in [-0.2, 0) is 0 Å². The van der Waals surface area contributed by atoms with Gasteiger partial charge in [0.05, 0.1) is 11.7 Å². The number of para-hydroxylation sites is 1. The predicted octanol–water partition coefficient (Wildman–Crippen LogP) is 1.85. The molecule has 1 saturated heterocycles. The van der Waals surface area contributed by atoms with Crippen LogP contribution < -0.4 is 10.6 Å². The standard InChI is InChI=1S/C17H25N5/c1-13-17(20-14(2)19-13)16(12-18)22-10-8-21(9-11-22)15-6-4-3-5-7-15/h3-7,16H,8-12,18H2,1-2H3,(H,19,20). The largest absolute Gasteiger partial charge is 0.369 e. The number of nitrogens with two attached hydrogens (primary N) is 1. The van der Waals surface area contributed by atoms with Crippen LogP contribution in [0.15, 0.2) is 30.3 Å². The van der Waals surface area contributed by atoms with Crippen LogP contribution in [-0.4, -0.2) is 47.6 Å². The summed E-state index contributed by atoms with van der Waals surface area (Å²) in [6, 6.07) is 10.8. The van der Waals surface area contributed by atoms with E-state index in [2.05, 4.69) is 57.0 Å². The highest BCUT2D eigenvalue weighted by Gasteiger charge is 2.27. The Hall–Kier alpha value is -1.85. The van der Waals surface area contributed by atoms with Gasteiger partial charge in [-0.1, -0.05) is 18.2 Å². The van der Waals surface area contributed by atoms with Crippen molar-refractivity contribution in [2.75, 3.05) is 37.6 Å². The molecule has 1 aliphatic heterocycles. The summed E-state index contributed by atoms with van der Waals surface area (Å²) in [7, 11) is 0. The van der Waals surface area contributed by atoms with Gasteiger partial charge in [-0.15, -0.1) is 0 Å². The molecule has 0 bridgehead atoms. The average Bonchev–Trinajstić information content (AvgIpc) is 2.88. The first-order valence-corrected chi connectivity index (χ1v) is 7.96. The number of aryl methyl sites for hydroxylation is 2. The third-order valence-electron chi connectivity index (χ3n) is 4.46. The molecule has 1 aromatic carbocycles. The second-order valence-corrected chi connectivity index (χ2v) is 5.94. The summed E-state index contributed by atoms with van der Waals surface area (Å²) < 4.78 is 0. The lowest BCUT2D eigenvalue weighted by molar-refractivity contribution is 0.186. The Balaban J connectivity index is 1.68.